The van der Waals surface area contributed by atoms with Gasteiger partial charge in [0.15, 0.2) is 0 Å². The molecule has 0 spiro atoms. The van der Waals surface area contributed by atoms with E-state index < -0.39 is 0 Å². The van der Waals surface area contributed by atoms with Gasteiger partial charge in [-0.2, -0.15) is 0 Å². The second-order valence-electron chi connectivity index (χ2n) is 3.93. The summed E-state index contributed by atoms with van der Waals surface area (Å²) in [6.45, 7) is 4.18. The van der Waals surface area contributed by atoms with Crippen LogP contribution < -0.4 is 5.73 Å². The molecule has 17 heavy (non-hydrogen) atoms. The Hall–Kier alpha value is -1.87. The number of H-pyrrole nitrogens is 1. The van der Waals surface area contributed by atoms with Gasteiger partial charge >= 0.3 is 0 Å². The summed E-state index contributed by atoms with van der Waals surface area (Å²) >= 11 is 0. The molecule has 3 aromatic rings. The number of fused-ring (bicyclic) bond motifs is 3. The summed E-state index contributed by atoms with van der Waals surface area (Å²) in [6, 6.07) is 8.38. The van der Waals surface area contributed by atoms with Crippen LogP contribution in [0.5, 0.6) is 0 Å². The molecule has 3 rings (SSSR count). The Bertz CT molecular complexity index is 653. The molecule has 0 aliphatic carbocycles. The van der Waals surface area contributed by atoms with Crippen molar-refractivity contribution in [2.24, 2.45) is 5.73 Å². The molecule has 2 heterocycles. The van der Waals surface area contributed by atoms with E-state index in [9.17, 15) is 0 Å². The fourth-order valence-corrected chi connectivity index (χ4v) is 2.10. The van der Waals surface area contributed by atoms with Gasteiger partial charge in [-0.1, -0.05) is 18.2 Å². The number of nitrogens with zero attached hydrogens (tertiary/aromatic N) is 1. The van der Waals surface area contributed by atoms with Gasteiger partial charge in [0.25, 0.3) is 0 Å². The Morgan fingerprint density at radius 2 is 1.76 bits per heavy atom. The second kappa shape index (κ2) is 4.55. The minimum atomic E-state index is 1.10. The molecule has 0 saturated heterocycles. The molecule has 0 bridgehead atoms. The quantitative estimate of drug-likeness (QED) is 0.620. The van der Waals surface area contributed by atoms with Crippen LogP contribution in [0.3, 0.4) is 0 Å². The number of aryl methyl sites for hydroxylation is 2. The maximum atomic E-state index is 4.50. The van der Waals surface area contributed by atoms with Gasteiger partial charge in [-0.3, -0.25) is 4.98 Å². The number of pyridine rings is 1. The maximum Gasteiger partial charge on any atom is 0.0654 e. The number of aromatic amines is 1. The molecule has 3 nitrogen and oxygen atoms in total. The van der Waals surface area contributed by atoms with Crippen LogP contribution in [0.25, 0.3) is 21.8 Å². The van der Waals surface area contributed by atoms with Gasteiger partial charge in [-0.25, -0.2) is 0 Å². The number of rotatable bonds is 0. The average molecular weight is 227 g/mol. The zero-order valence-corrected chi connectivity index (χ0v) is 10.4. The van der Waals surface area contributed by atoms with Crippen molar-refractivity contribution in [3.63, 3.8) is 0 Å². The molecule has 0 atom stereocenters. The average Bonchev–Trinajstić information content (AvgIpc) is 2.75. The van der Waals surface area contributed by atoms with Gasteiger partial charge in [0, 0.05) is 22.0 Å². The molecule has 88 valence electrons. The Morgan fingerprint density at radius 1 is 1.06 bits per heavy atom. The number of hydrogen-bond acceptors (Lipinski definition) is 2. The first-order chi connectivity index (χ1) is 8.27. The molecule has 0 unspecified atom stereocenters. The minimum absolute atomic E-state index is 1.10. The van der Waals surface area contributed by atoms with Crippen LogP contribution >= 0.6 is 0 Å². The molecule has 0 saturated carbocycles. The van der Waals surface area contributed by atoms with Crippen LogP contribution in [0.15, 0.2) is 30.5 Å². The van der Waals surface area contributed by atoms with E-state index in [1.165, 1.54) is 28.9 Å². The number of para-hydroxylation sites is 1. The van der Waals surface area contributed by atoms with Gasteiger partial charge in [-0.15, -0.1) is 0 Å². The number of nitrogens with one attached hydrogen (secondary N) is 1. The van der Waals surface area contributed by atoms with Crippen molar-refractivity contribution < 1.29 is 0 Å². The molecule has 0 fully saturated rings. The predicted molar refractivity (Wildman–Crippen MR) is 73.2 cm³/mol. The number of benzene rings is 1. The van der Waals surface area contributed by atoms with E-state index in [1.807, 2.05) is 12.3 Å². The fourth-order valence-electron chi connectivity index (χ4n) is 2.10. The normalized spacial score (nSPS) is 10.4. The van der Waals surface area contributed by atoms with Crippen molar-refractivity contribution in [3.05, 3.63) is 41.7 Å². The summed E-state index contributed by atoms with van der Waals surface area (Å²) in [6.07, 6.45) is 1.91. The number of aromatic nitrogens is 2. The molecule has 0 amide bonds. The van der Waals surface area contributed by atoms with Gasteiger partial charge in [0.1, 0.15) is 0 Å². The van der Waals surface area contributed by atoms with Crippen LogP contribution in [0.2, 0.25) is 0 Å². The van der Waals surface area contributed by atoms with Gasteiger partial charge in [0.05, 0.1) is 11.7 Å². The Labute approximate surface area is 101 Å². The minimum Gasteiger partial charge on any atom is -0.353 e. The van der Waals surface area contributed by atoms with Crippen LogP contribution in [0.1, 0.15) is 11.3 Å². The summed E-state index contributed by atoms with van der Waals surface area (Å²) in [7, 11) is 1.50. The summed E-state index contributed by atoms with van der Waals surface area (Å²) < 4.78 is 0. The lowest BCUT2D eigenvalue weighted by molar-refractivity contribution is 1.17. The van der Waals surface area contributed by atoms with E-state index in [0.717, 1.165) is 11.2 Å². The molecular formula is C14H17N3. The molecule has 3 heteroatoms. The summed E-state index contributed by atoms with van der Waals surface area (Å²) in [5, 5.41) is 2.59. The summed E-state index contributed by atoms with van der Waals surface area (Å²) in [5.74, 6) is 0. The Kier molecular flexibility index (Phi) is 3.11. The van der Waals surface area contributed by atoms with Gasteiger partial charge in [-0.05, 0) is 32.5 Å². The molecule has 0 aliphatic rings. The topological polar surface area (TPSA) is 54.7 Å². The van der Waals surface area contributed by atoms with Crippen molar-refractivity contribution in [1.82, 2.24) is 9.97 Å². The van der Waals surface area contributed by atoms with E-state index >= 15 is 0 Å². The van der Waals surface area contributed by atoms with Crippen molar-refractivity contribution in [2.45, 2.75) is 13.8 Å². The van der Waals surface area contributed by atoms with Crippen LogP contribution in [0, 0.1) is 13.8 Å². The standard InChI is InChI=1S/C13H12N2.CH5N/c1-8-9(2)14-7-12-13(8)10-5-3-4-6-11(10)15-12;1-2/h3-7,15H,1-2H3;2H2,1H3. The van der Waals surface area contributed by atoms with E-state index in [0.29, 0.717) is 0 Å². The lowest BCUT2D eigenvalue weighted by Gasteiger charge is -2.00. The number of nitrogens with two attached hydrogens (primary N) is 1. The SMILES string of the molecule is CN.Cc1ncc2[nH]c3ccccc3c2c1C. The molecule has 2 aromatic heterocycles. The van der Waals surface area contributed by atoms with Crippen molar-refractivity contribution in [2.75, 3.05) is 7.05 Å². The third-order valence-corrected chi connectivity index (χ3v) is 3.04. The van der Waals surface area contributed by atoms with E-state index in [1.54, 1.807) is 0 Å². The first-order valence-corrected chi connectivity index (χ1v) is 5.68. The third-order valence-electron chi connectivity index (χ3n) is 3.04. The first-order valence-electron chi connectivity index (χ1n) is 5.68. The molecule has 0 aliphatic heterocycles. The monoisotopic (exact) mass is 227 g/mol. The fraction of sp³-hybridized carbons (Fsp3) is 0.214. The largest absolute Gasteiger partial charge is 0.353 e. The van der Waals surface area contributed by atoms with Crippen LogP contribution in [0.4, 0.5) is 0 Å². The van der Waals surface area contributed by atoms with Gasteiger partial charge < -0.3 is 10.7 Å². The highest BCUT2D eigenvalue weighted by Crippen LogP contribution is 2.28. The lowest BCUT2D eigenvalue weighted by atomic mass is 10.1. The lowest BCUT2D eigenvalue weighted by Crippen LogP contribution is -1.86. The van der Waals surface area contributed by atoms with E-state index in [2.05, 4.69) is 47.7 Å². The van der Waals surface area contributed by atoms with Crippen LogP contribution in [-0.2, 0) is 0 Å². The van der Waals surface area contributed by atoms with Crippen molar-refractivity contribution >= 4 is 21.8 Å². The molecular weight excluding hydrogens is 210 g/mol. The second-order valence-corrected chi connectivity index (χ2v) is 3.93. The van der Waals surface area contributed by atoms with E-state index in [-0.39, 0.29) is 0 Å². The zero-order valence-electron chi connectivity index (χ0n) is 10.4. The Balaban J connectivity index is 0.000000514. The zero-order chi connectivity index (χ0) is 12.4. The van der Waals surface area contributed by atoms with Gasteiger partial charge in [0.2, 0.25) is 0 Å². The molecule has 3 N–H and O–H groups in total. The highest BCUT2D eigenvalue weighted by molar-refractivity contribution is 6.08. The Morgan fingerprint density at radius 3 is 2.53 bits per heavy atom. The van der Waals surface area contributed by atoms with Crippen LogP contribution in [-0.4, -0.2) is 17.0 Å². The first kappa shape index (κ1) is 11.6. The maximum absolute atomic E-state index is 4.50. The van der Waals surface area contributed by atoms with E-state index in [4.69, 9.17) is 0 Å². The summed E-state index contributed by atoms with van der Waals surface area (Å²) in [4.78, 5) is 7.75. The summed E-state index contributed by atoms with van der Waals surface area (Å²) in [5.41, 5.74) is 9.18. The third kappa shape index (κ3) is 1.78. The van der Waals surface area contributed by atoms with Crippen molar-refractivity contribution in [3.8, 4) is 0 Å². The van der Waals surface area contributed by atoms with Crippen molar-refractivity contribution in [1.29, 1.82) is 0 Å². The molecule has 1 aromatic carbocycles. The smallest absolute Gasteiger partial charge is 0.0654 e. The number of hydrogen-bond donors (Lipinski definition) is 2. The highest BCUT2D eigenvalue weighted by Gasteiger charge is 2.07. The predicted octanol–water partition coefficient (Wildman–Crippen LogP) is 2.91. The molecule has 0 radical (unpaired) electrons. The highest BCUT2D eigenvalue weighted by atomic mass is 14.8.